The van der Waals surface area contributed by atoms with Crippen LogP contribution >= 0.6 is 0 Å². The number of hydrogen-bond donors (Lipinski definition) is 3. The van der Waals surface area contributed by atoms with Gasteiger partial charge in [0.1, 0.15) is 0 Å². The Morgan fingerprint density at radius 3 is 2.56 bits per heavy atom. The van der Waals surface area contributed by atoms with Gasteiger partial charge in [0.25, 0.3) is 0 Å². The molecule has 0 spiro atoms. The van der Waals surface area contributed by atoms with E-state index in [1.807, 2.05) is 13.8 Å². The van der Waals surface area contributed by atoms with E-state index in [4.69, 9.17) is 4.74 Å². The Kier molecular flexibility index (Phi) is 7.53. The molecule has 3 N–H and O–H groups in total. The summed E-state index contributed by atoms with van der Waals surface area (Å²) >= 11 is -0.765. The number of amides is 2. The van der Waals surface area contributed by atoms with Gasteiger partial charge < -0.3 is 5.32 Å². The third kappa shape index (κ3) is 5.55. The first-order valence-electron chi connectivity index (χ1n) is 12.6. The molecule has 4 saturated carbocycles. The first kappa shape index (κ1) is 25.7. The van der Waals surface area contributed by atoms with Gasteiger partial charge in [-0.1, -0.05) is 0 Å². The second kappa shape index (κ2) is 9.95. The second-order valence-electron chi connectivity index (χ2n) is 11.8. The summed E-state index contributed by atoms with van der Waals surface area (Å²) in [6.45, 7) is 10.7. The van der Waals surface area contributed by atoms with Gasteiger partial charge in [-0.15, -0.1) is 0 Å². The van der Waals surface area contributed by atoms with Crippen LogP contribution in [0.4, 0.5) is 0 Å². The average molecular weight is 588 g/mol. The van der Waals surface area contributed by atoms with E-state index < -0.39 is 21.6 Å². The fourth-order valence-electron chi connectivity index (χ4n) is 6.50. The number of aryl methyl sites for hydroxylation is 1. The van der Waals surface area contributed by atoms with Crippen molar-refractivity contribution >= 4 is 11.8 Å². The Hall–Kier alpha value is -1.36. The molecule has 1 aromatic heterocycles. The molecule has 4 aliphatic rings. The summed E-state index contributed by atoms with van der Waals surface area (Å²) in [5.74, 6) is 2.30. The zero-order valence-corrected chi connectivity index (χ0v) is 23.2. The maximum atomic E-state index is 13.5. The molecule has 0 aliphatic heterocycles. The third-order valence-corrected chi connectivity index (χ3v) is 10.1. The number of alkyl halides is 1. The molecule has 4 aliphatic carbocycles. The molecule has 8 nitrogen and oxygen atoms in total. The van der Waals surface area contributed by atoms with E-state index in [-0.39, 0.29) is 26.8 Å². The molecule has 4 fully saturated rings. The van der Waals surface area contributed by atoms with Crippen LogP contribution in [0.5, 0.6) is 5.88 Å². The molecule has 192 valence electrons. The number of aromatic nitrogens is 2. The van der Waals surface area contributed by atoms with Gasteiger partial charge in [0.2, 0.25) is 5.91 Å². The normalized spacial score (nSPS) is 30.1. The van der Waals surface area contributed by atoms with Gasteiger partial charge >= 0.3 is 177 Å². The molecule has 5 rings (SSSR count). The van der Waals surface area contributed by atoms with E-state index in [2.05, 4.69) is 29.6 Å². The Morgan fingerprint density at radius 2 is 1.97 bits per heavy atom. The van der Waals surface area contributed by atoms with Gasteiger partial charge in [0.05, 0.1) is 0 Å². The van der Waals surface area contributed by atoms with Crippen molar-refractivity contribution in [3.63, 3.8) is 0 Å². The number of carbonyl (C=O) groups is 2. The summed E-state index contributed by atoms with van der Waals surface area (Å²) in [4.78, 5) is 25.0. The van der Waals surface area contributed by atoms with Crippen LogP contribution in [-0.2, 0) is 11.3 Å². The molecule has 0 aromatic carbocycles. The van der Waals surface area contributed by atoms with Crippen molar-refractivity contribution in [2.45, 2.75) is 94.7 Å². The monoisotopic (exact) mass is 587 g/mol. The van der Waals surface area contributed by atoms with Crippen LogP contribution in [0.2, 0.25) is 0 Å². The first-order valence-corrected chi connectivity index (χ1v) is 14.6. The van der Waals surface area contributed by atoms with E-state index in [1.54, 1.807) is 10.9 Å². The first-order chi connectivity index (χ1) is 16.0. The van der Waals surface area contributed by atoms with Gasteiger partial charge in [-0.2, -0.15) is 0 Å². The average Bonchev–Trinajstić information content (AvgIpc) is 3.15. The van der Waals surface area contributed by atoms with Crippen LogP contribution in [0.15, 0.2) is 6.20 Å². The number of hydrogen-bond acceptors (Lipinski definition) is 5. The van der Waals surface area contributed by atoms with E-state index in [1.165, 1.54) is 26.2 Å². The van der Waals surface area contributed by atoms with Gasteiger partial charge in [-0.05, 0) is 13.8 Å². The van der Waals surface area contributed by atoms with Crippen LogP contribution in [0.1, 0.15) is 83.5 Å². The number of rotatable bonds is 10. The predicted molar refractivity (Wildman–Crippen MR) is 125 cm³/mol. The summed E-state index contributed by atoms with van der Waals surface area (Å²) in [6, 6.07) is 0.174. The Labute approximate surface area is 213 Å². The SMILES string of the molecule is CC(=O)NC(C)(C)CCn1ncc(C(=O)NC2C3CC4CC2CC([I-]O)(C4)C3)c1OCC(C)C. The number of ether oxygens (including phenoxy) is 1. The number of halogens is 1. The Bertz CT molecular complexity index is 899. The topological polar surface area (TPSA) is 105 Å². The zero-order chi connectivity index (χ0) is 24.7. The molecule has 4 bridgehead atoms. The van der Waals surface area contributed by atoms with Crippen molar-refractivity contribution in [3.05, 3.63) is 11.8 Å². The van der Waals surface area contributed by atoms with E-state index in [9.17, 15) is 13.0 Å². The quantitative estimate of drug-likeness (QED) is 0.262. The van der Waals surface area contributed by atoms with E-state index in [0.717, 1.165) is 18.8 Å². The number of nitrogens with one attached hydrogen (secondary N) is 2. The summed E-state index contributed by atoms with van der Waals surface area (Å²) in [5, 5.41) is 10.8. The van der Waals surface area contributed by atoms with Crippen molar-refractivity contribution in [3.8, 4) is 5.88 Å². The molecule has 1 heterocycles. The van der Waals surface area contributed by atoms with Gasteiger partial charge in [0.15, 0.2) is 0 Å². The fourth-order valence-corrected chi connectivity index (χ4v) is 8.85. The second-order valence-corrected chi connectivity index (χ2v) is 14.6. The Morgan fingerprint density at radius 1 is 1.29 bits per heavy atom. The van der Waals surface area contributed by atoms with Crippen LogP contribution in [-0.4, -0.2) is 46.6 Å². The minimum absolute atomic E-state index is 0.0671. The van der Waals surface area contributed by atoms with Crippen LogP contribution in [0.25, 0.3) is 0 Å². The van der Waals surface area contributed by atoms with Crippen molar-refractivity contribution in [2.75, 3.05) is 6.61 Å². The summed E-state index contributed by atoms with van der Waals surface area (Å²) in [5.41, 5.74) is 0.0948. The van der Waals surface area contributed by atoms with Crippen molar-refractivity contribution in [1.29, 1.82) is 0 Å². The van der Waals surface area contributed by atoms with E-state index >= 15 is 0 Å². The molecule has 1 aromatic rings. The van der Waals surface area contributed by atoms with Crippen molar-refractivity contribution < 1.29 is 39.4 Å². The molecule has 2 atom stereocenters. The molecule has 0 saturated heterocycles. The van der Waals surface area contributed by atoms with Crippen LogP contribution in [0, 0.1) is 23.7 Å². The molecule has 0 radical (unpaired) electrons. The van der Waals surface area contributed by atoms with Crippen molar-refractivity contribution in [1.82, 2.24) is 20.4 Å². The summed E-state index contributed by atoms with van der Waals surface area (Å²) in [7, 11) is 0. The zero-order valence-electron chi connectivity index (χ0n) is 21.1. The third-order valence-electron chi connectivity index (χ3n) is 7.73. The molecule has 2 unspecified atom stereocenters. The maximum absolute atomic E-state index is 13.5. The Balaban J connectivity index is 1.48. The standard InChI is InChI=1S/C25H40IN4O4/c1-15(2)14-34-23-20(13-27-30(23)7-6-24(4,5)29-16(3)31)22(32)28-21-18-8-17-9-19(21)12-25(10-17,11-18)26-33/h13,15,17-19,21,33H,6-12,14H2,1-5H3,(H,28,32)(H,29,31)/q-1. The number of nitrogens with zero attached hydrogens (tertiary/aromatic N) is 2. The van der Waals surface area contributed by atoms with Crippen LogP contribution < -0.4 is 37.0 Å². The molecule has 34 heavy (non-hydrogen) atoms. The van der Waals surface area contributed by atoms with Gasteiger partial charge in [0, 0.05) is 6.92 Å². The van der Waals surface area contributed by atoms with Crippen LogP contribution in [0.3, 0.4) is 0 Å². The summed E-state index contributed by atoms with van der Waals surface area (Å²) < 4.78 is 18.2. The molecular weight excluding hydrogens is 547 g/mol. The fraction of sp³-hybridized carbons (Fsp3) is 0.800. The minimum atomic E-state index is -0.765. The molecular formula is C25H40IN4O4-. The number of carbonyl (C=O) groups excluding carboxylic acids is 2. The summed E-state index contributed by atoms with van der Waals surface area (Å²) in [6.07, 6.45) is 7.92. The van der Waals surface area contributed by atoms with E-state index in [0.29, 0.717) is 48.8 Å². The van der Waals surface area contributed by atoms with Gasteiger partial charge in [-0.25, -0.2) is 0 Å². The van der Waals surface area contributed by atoms with Crippen molar-refractivity contribution in [2.24, 2.45) is 23.7 Å². The van der Waals surface area contributed by atoms with Gasteiger partial charge in [-0.3, -0.25) is 4.79 Å². The molecule has 9 heteroatoms. The molecule has 2 amide bonds. The predicted octanol–water partition coefficient (Wildman–Crippen LogP) is -0.104.